The summed E-state index contributed by atoms with van der Waals surface area (Å²) in [6, 6.07) is 6.54. The largest absolute Gasteiger partial charge is 0.434 e. The Morgan fingerprint density at radius 3 is 2.69 bits per heavy atom. The molecule has 0 fully saturated rings. The monoisotopic (exact) mass is 224 g/mol. The first kappa shape index (κ1) is 10.6. The highest BCUT2D eigenvalue weighted by Gasteiger charge is 2.12. The Hall–Kier alpha value is -1.91. The van der Waals surface area contributed by atoms with Gasteiger partial charge in [0.1, 0.15) is 11.6 Å². The minimum absolute atomic E-state index is 0.117. The maximum absolute atomic E-state index is 12.2. The summed E-state index contributed by atoms with van der Waals surface area (Å²) in [5.74, 6) is 0.639. The lowest BCUT2D eigenvalue weighted by Crippen LogP contribution is -2.03. The summed E-state index contributed by atoms with van der Waals surface area (Å²) in [7, 11) is 0. The SMILES string of the molecule is Cc1cnc(-c2ccccc2OC(F)F)[nH]1. The Bertz CT molecular complexity index is 482. The molecule has 1 heterocycles. The molecule has 2 aromatic rings. The Morgan fingerprint density at radius 1 is 1.31 bits per heavy atom. The summed E-state index contributed by atoms with van der Waals surface area (Å²) >= 11 is 0. The third kappa shape index (κ3) is 2.18. The van der Waals surface area contributed by atoms with Gasteiger partial charge in [-0.3, -0.25) is 0 Å². The maximum atomic E-state index is 12.2. The lowest BCUT2D eigenvalue weighted by Gasteiger charge is -2.08. The van der Waals surface area contributed by atoms with Crippen molar-refractivity contribution in [3.8, 4) is 17.1 Å². The minimum atomic E-state index is -2.84. The van der Waals surface area contributed by atoms with Crippen molar-refractivity contribution in [1.82, 2.24) is 9.97 Å². The first-order chi connectivity index (χ1) is 7.66. The highest BCUT2D eigenvalue weighted by atomic mass is 19.3. The van der Waals surface area contributed by atoms with Gasteiger partial charge in [-0.15, -0.1) is 0 Å². The average molecular weight is 224 g/mol. The van der Waals surface area contributed by atoms with Crippen LogP contribution in [0, 0.1) is 6.92 Å². The zero-order chi connectivity index (χ0) is 11.5. The standard InChI is InChI=1S/C11H10F2N2O/c1-7-6-14-10(15-7)8-4-2-3-5-9(8)16-11(12)13/h2-6,11H,1H3,(H,14,15). The van der Waals surface area contributed by atoms with E-state index in [4.69, 9.17) is 0 Å². The molecule has 0 radical (unpaired) electrons. The molecule has 0 atom stereocenters. The van der Waals surface area contributed by atoms with Crippen LogP contribution in [0.3, 0.4) is 0 Å². The second kappa shape index (κ2) is 4.30. The number of ether oxygens (including phenoxy) is 1. The van der Waals surface area contributed by atoms with E-state index in [9.17, 15) is 8.78 Å². The van der Waals surface area contributed by atoms with Crippen LogP contribution in [0.25, 0.3) is 11.4 Å². The highest BCUT2D eigenvalue weighted by molar-refractivity contribution is 5.64. The number of halogens is 2. The van der Waals surface area contributed by atoms with Gasteiger partial charge < -0.3 is 9.72 Å². The molecule has 0 aliphatic carbocycles. The molecule has 0 aliphatic heterocycles. The number of alkyl halides is 2. The third-order valence-corrected chi connectivity index (χ3v) is 2.06. The molecule has 5 heteroatoms. The van der Waals surface area contributed by atoms with Crippen LogP contribution in [0.4, 0.5) is 8.78 Å². The van der Waals surface area contributed by atoms with E-state index in [1.165, 1.54) is 6.07 Å². The van der Waals surface area contributed by atoms with E-state index >= 15 is 0 Å². The molecule has 0 amide bonds. The van der Waals surface area contributed by atoms with Gasteiger partial charge in [-0.1, -0.05) is 12.1 Å². The molecule has 0 bridgehead atoms. The number of nitrogens with zero attached hydrogens (tertiary/aromatic N) is 1. The van der Waals surface area contributed by atoms with Crippen LogP contribution in [0.2, 0.25) is 0 Å². The lowest BCUT2D eigenvalue weighted by atomic mass is 10.2. The number of para-hydroxylation sites is 1. The molecule has 0 aliphatic rings. The van der Waals surface area contributed by atoms with Crippen molar-refractivity contribution in [2.45, 2.75) is 13.5 Å². The van der Waals surface area contributed by atoms with Gasteiger partial charge in [0, 0.05) is 11.9 Å². The van der Waals surface area contributed by atoms with Crippen LogP contribution in [0.15, 0.2) is 30.5 Å². The number of nitrogens with one attached hydrogen (secondary N) is 1. The predicted octanol–water partition coefficient (Wildman–Crippen LogP) is 2.99. The van der Waals surface area contributed by atoms with Gasteiger partial charge in [0.2, 0.25) is 0 Å². The molecular formula is C11H10F2N2O. The molecule has 0 spiro atoms. The molecule has 1 aromatic carbocycles. The summed E-state index contributed by atoms with van der Waals surface area (Å²) in [5, 5.41) is 0. The van der Waals surface area contributed by atoms with Crippen molar-refractivity contribution in [3.05, 3.63) is 36.2 Å². The van der Waals surface area contributed by atoms with E-state index in [0.717, 1.165) is 5.69 Å². The fraction of sp³-hybridized carbons (Fsp3) is 0.182. The molecule has 0 saturated carbocycles. The number of aryl methyl sites for hydroxylation is 1. The Balaban J connectivity index is 2.40. The minimum Gasteiger partial charge on any atom is -0.434 e. The van der Waals surface area contributed by atoms with Crippen LogP contribution >= 0.6 is 0 Å². The quantitative estimate of drug-likeness (QED) is 0.870. The van der Waals surface area contributed by atoms with E-state index in [2.05, 4.69) is 14.7 Å². The first-order valence-corrected chi connectivity index (χ1v) is 4.72. The van der Waals surface area contributed by atoms with Crippen molar-refractivity contribution in [2.75, 3.05) is 0 Å². The maximum Gasteiger partial charge on any atom is 0.387 e. The van der Waals surface area contributed by atoms with Gasteiger partial charge in [0.25, 0.3) is 0 Å². The summed E-state index contributed by atoms with van der Waals surface area (Å²) in [5.41, 5.74) is 1.39. The van der Waals surface area contributed by atoms with Crippen LogP contribution in [0.1, 0.15) is 5.69 Å². The normalized spacial score (nSPS) is 10.8. The number of imidazole rings is 1. The van der Waals surface area contributed by atoms with E-state index in [-0.39, 0.29) is 5.75 Å². The van der Waals surface area contributed by atoms with E-state index in [1.54, 1.807) is 24.4 Å². The molecule has 84 valence electrons. The van der Waals surface area contributed by atoms with Gasteiger partial charge in [-0.25, -0.2) is 4.98 Å². The van der Waals surface area contributed by atoms with Crippen molar-refractivity contribution in [2.24, 2.45) is 0 Å². The van der Waals surface area contributed by atoms with Gasteiger partial charge in [0.05, 0.1) is 5.56 Å². The van der Waals surface area contributed by atoms with Gasteiger partial charge in [-0.2, -0.15) is 8.78 Å². The third-order valence-electron chi connectivity index (χ3n) is 2.06. The lowest BCUT2D eigenvalue weighted by molar-refractivity contribution is -0.0494. The fourth-order valence-corrected chi connectivity index (χ4v) is 1.41. The smallest absolute Gasteiger partial charge is 0.387 e. The Kier molecular flexibility index (Phi) is 2.85. The summed E-state index contributed by atoms with van der Waals surface area (Å²) in [6.07, 6.45) is 1.63. The van der Waals surface area contributed by atoms with Crippen molar-refractivity contribution >= 4 is 0 Å². The van der Waals surface area contributed by atoms with Crippen molar-refractivity contribution in [3.63, 3.8) is 0 Å². The average Bonchev–Trinajstić information content (AvgIpc) is 2.65. The summed E-state index contributed by atoms with van der Waals surface area (Å²) in [6.45, 7) is -0.996. The summed E-state index contributed by atoms with van der Waals surface area (Å²) in [4.78, 5) is 7.04. The zero-order valence-electron chi connectivity index (χ0n) is 8.58. The highest BCUT2D eigenvalue weighted by Crippen LogP contribution is 2.28. The van der Waals surface area contributed by atoms with Crippen LogP contribution < -0.4 is 4.74 Å². The molecular weight excluding hydrogens is 214 g/mol. The number of aromatic amines is 1. The van der Waals surface area contributed by atoms with Gasteiger partial charge in [-0.05, 0) is 19.1 Å². The molecule has 16 heavy (non-hydrogen) atoms. The number of benzene rings is 1. The number of aromatic nitrogens is 2. The molecule has 3 nitrogen and oxygen atoms in total. The molecule has 1 aromatic heterocycles. The second-order valence-electron chi connectivity index (χ2n) is 3.29. The molecule has 1 N–H and O–H groups in total. The van der Waals surface area contributed by atoms with Crippen LogP contribution in [0.5, 0.6) is 5.75 Å². The number of hydrogen-bond donors (Lipinski definition) is 1. The summed E-state index contributed by atoms with van der Waals surface area (Å²) < 4.78 is 28.8. The van der Waals surface area contributed by atoms with Crippen LogP contribution in [-0.2, 0) is 0 Å². The first-order valence-electron chi connectivity index (χ1n) is 4.72. The zero-order valence-corrected chi connectivity index (χ0v) is 8.58. The second-order valence-corrected chi connectivity index (χ2v) is 3.29. The predicted molar refractivity (Wildman–Crippen MR) is 55.4 cm³/mol. The van der Waals surface area contributed by atoms with Crippen molar-refractivity contribution in [1.29, 1.82) is 0 Å². The van der Waals surface area contributed by atoms with E-state index in [0.29, 0.717) is 11.4 Å². The van der Waals surface area contributed by atoms with E-state index in [1.807, 2.05) is 6.92 Å². The number of hydrogen-bond acceptors (Lipinski definition) is 2. The fourth-order valence-electron chi connectivity index (χ4n) is 1.41. The molecule has 0 unspecified atom stereocenters. The Labute approximate surface area is 91.1 Å². The van der Waals surface area contributed by atoms with Crippen LogP contribution in [-0.4, -0.2) is 16.6 Å². The van der Waals surface area contributed by atoms with Gasteiger partial charge in [0.15, 0.2) is 0 Å². The molecule has 0 saturated heterocycles. The van der Waals surface area contributed by atoms with Gasteiger partial charge >= 0.3 is 6.61 Å². The van der Waals surface area contributed by atoms with E-state index < -0.39 is 6.61 Å². The number of H-pyrrole nitrogens is 1. The Morgan fingerprint density at radius 2 is 2.06 bits per heavy atom. The molecule has 2 rings (SSSR count). The number of rotatable bonds is 3. The van der Waals surface area contributed by atoms with Crippen molar-refractivity contribution < 1.29 is 13.5 Å². The topological polar surface area (TPSA) is 37.9 Å².